The van der Waals surface area contributed by atoms with Gasteiger partial charge in [-0.3, -0.25) is 4.79 Å². The van der Waals surface area contributed by atoms with E-state index < -0.39 is 29.4 Å². The van der Waals surface area contributed by atoms with E-state index in [9.17, 15) is 18.0 Å². The zero-order chi connectivity index (χ0) is 13.2. The fourth-order valence-electron chi connectivity index (χ4n) is 0.999. The van der Waals surface area contributed by atoms with Gasteiger partial charge >= 0.3 is 6.36 Å². The third-order valence-electron chi connectivity index (χ3n) is 1.67. The molecule has 1 amide bonds. The molecule has 0 atom stereocenters. The summed E-state index contributed by atoms with van der Waals surface area (Å²) >= 11 is 0. The zero-order valence-corrected chi connectivity index (χ0v) is 8.08. The molecule has 0 bridgehead atoms. The summed E-state index contributed by atoms with van der Waals surface area (Å²) < 4.78 is 39.3. The van der Waals surface area contributed by atoms with Gasteiger partial charge in [0.25, 0.3) is 5.91 Å². The number of amides is 1. The minimum atomic E-state index is -5.01. The molecule has 0 aliphatic rings. The Morgan fingerprint density at radius 1 is 1.53 bits per heavy atom. The van der Waals surface area contributed by atoms with E-state index in [2.05, 4.69) is 9.72 Å². The lowest BCUT2D eigenvalue weighted by molar-refractivity contribution is -0.276. The molecule has 1 aromatic rings. The van der Waals surface area contributed by atoms with Crippen LogP contribution in [0.4, 0.5) is 18.9 Å². The number of ether oxygens (including phenoxy) is 1. The number of carbonyl (C=O) groups is 1. The lowest BCUT2D eigenvalue weighted by Crippen LogP contribution is -2.21. The van der Waals surface area contributed by atoms with Crippen LogP contribution in [0.1, 0.15) is 15.9 Å². The monoisotopic (exact) mass is 246 g/mol. The molecule has 1 heterocycles. The molecule has 90 valence electrons. The lowest BCUT2D eigenvalue weighted by Gasteiger charge is -2.11. The molecule has 9 heteroatoms. The summed E-state index contributed by atoms with van der Waals surface area (Å²) in [7, 11) is 0. The van der Waals surface area contributed by atoms with Gasteiger partial charge in [0.1, 0.15) is 11.6 Å². The van der Waals surface area contributed by atoms with Crippen molar-refractivity contribution in [3.05, 3.63) is 17.3 Å². The molecule has 0 radical (unpaired) electrons. The number of pyridine rings is 1. The standard InChI is InChI=1S/C8H5F3N4O2/c9-8(10,11)17-7-3(1-12)5(13)4(2-15-7)6(14)16/h2H,(H2,13,15)(H2,14,16). The van der Waals surface area contributed by atoms with Gasteiger partial charge in [-0.25, -0.2) is 4.98 Å². The SMILES string of the molecule is N#Cc1c(OC(F)(F)F)ncc(C(N)=O)c1N. The minimum absolute atomic E-state index is 0.351. The van der Waals surface area contributed by atoms with Crippen molar-refractivity contribution in [1.29, 1.82) is 5.26 Å². The Morgan fingerprint density at radius 2 is 2.12 bits per heavy atom. The predicted octanol–water partition coefficient (Wildman–Crippen LogP) is 0.533. The van der Waals surface area contributed by atoms with Gasteiger partial charge in [0.15, 0.2) is 0 Å². The molecule has 0 saturated carbocycles. The molecular weight excluding hydrogens is 241 g/mol. The Balaban J connectivity index is 3.33. The average Bonchev–Trinajstić information content (AvgIpc) is 2.15. The van der Waals surface area contributed by atoms with Gasteiger partial charge < -0.3 is 16.2 Å². The number of carbonyl (C=O) groups excluding carboxylic acids is 1. The molecule has 0 unspecified atom stereocenters. The molecule has 6 nitrogen and oxygen atoms in total. The van der Waals surface area contributed by atoms with Crippen molar-refractivity contribution in [3.63, 3.8) is 0 Å². The van der Waals surface area contributed by atoms with Gasteiger partial charge in [0, 0.05) is 6.20 Å². The zero-order valence-electron chi connectivity index (χ0n) is 8.08. The molecule has 1 aromatic heterocycles. The number of hydrogen-bond acceptors (Lipinski definition) is 5. The largest absolute Gasteiger partial charge is 0.574 e. The van der Waals surface area contributed by atoms with Crippen LogP contribution in [0, 0.1) is 11.3 Å². The fraction of sp³-hybridized carbons (Fsp3) is 0.125. The lowest BCUT2D eigenvalue weighted by atomic mass is 10.1. The third-order valence-corrected chi connectivity index (χ3v) is 1.67. The van der Waals surface area contributed by atoms with Crippen LogP contribution in [-0.4, -0.2) is 17.3 Å². The van der Waals surface area contributed by atoms with Gasteiger partial charge in [0.2, 0.25) is 5.88 Å². The number of hydrogen-bond donors (Lipinski definition) is 2. The van der Waals surface area contributed by atoms with Crippen molar-refractivity contribution >= 4 is 11.6 Å². The van der Waals surface area contributed by atoms with Crippen molar-refractivity contribution in [2.45, 2.75) is 6.36 Å². The van der Waals surface area contributed by atoms with Gasteiger partial charge in [-0.2, -0.15) is 5.26 Å². The van der Waals surface area contributed by atoms with Gasteiger partial charge in [-0.15, -0.1) is 13.2 Å². The number of halogens is 3. The van der Waals surface area contributed by atoms with E-state index in [4.69, 9.17) is 16.7 Å². The molecule has 0 aromatic carbocycles. The van der Waals surface area contributed by atoms with Crippen LogP contribution >= 0.6 is 0 Å². The Hall–Kier alpha value is -2.50. The van der Waals surface area contributed by atoms with Crippen molar-refractivity contribution in [2.24, 2.45) is 5.73 Å². The number of anilines is 1. The molecule has 0 spiro atoms. The van der Waals surface area contributed by atoms with E-state index in [1.807, 2.05) is 0 Å². The first kappa shape index (κ1) is 12.6. The first-order chi connectivity index (χ1) is 7.76. The number of nitrogen functional groups attached to an aromatic ring is 1. The predicted molar refractivity (Wildman–Crippen MR) is 48.6 cm³/mol. The summed E-state index contributed by atoms with van der Waals surface area (Å²) in [6, 6.07) is 1.36. The van der Waals surface area contributed by atoms with Gasteiger partial charge in [0.05, 0.1) is 11.3 Å². The van der Waals surface area contributed by atoms with E-state index in [0.29, 0.717) is 6.20 Å². The van der Waals surface area contributed by atoms with Crippen molar-refractivity contribution in [2.75, 3.05) is 5.73 Å². The normalized spacial score (nSPS) is 10.7. The van der Waals surface area contributed by atoms with Gasteiger partial charge in [-0.05, 0) is 0 Å². The van der Waals surface area contributed by atoms with Crippen molar-refractivity contribution < 1.29 is 22.7 Å². The van der Waals surface area contributed by atoms with Crippen LogP contribution in [0.15, 0.2) is 6.20 Å². The molecule has 0 fully saturated rings. The summed E-state index contributed by atoms with van der Waals surface area (Å²) in [5.41, 5.74) is 8.64. The number of aromatic nitrogens is 1. The van der Waals surface area contributed by atoms with E-state index in [-0.39, 0.29) is 5.56 Å². The first-order valence-electron chi connectivity index (χ1n) is 4.00. The number of nitriles is 1. The van der Waals surface area contributed by atoms with E-state index in [0.717, 1.165) is 0 Å². The summed E-state index contributed by atoms with van der Waals surface area (Å²) in [6.07, 6.45) is -4.31. The van der Waals surface area contributed by atoms with E-state index >= 15 is 0 Å². The molecule has 17 heavy (non-hydrogen) atoms. The van der Waals surface area contributed by atoms with Crippen LogP contribution in [-0.2, 0) is 0 Å². The second kappa shape index (κ2) is 4.17. The highest BCUT2D eigenvalue weighted by atomic mass is 19.4. The number of rotatable bonds is 2. The fourth-order valence-corrected chi connectivity index (χ4v) is 0.999. The second-order valence-electron chi connectivity index (χ2n) is 2.79. The highest BCUT2D eigenvalue weighted by molar-refractivity contribution is 5.99. The minimum Gasteiger partial charge on any atom is -0.397 e. The number of alkyl halides is 3. The van der Waals surface area contributed by atoms with Crippen LogP contribution < -0.4 is 16.2 Å². The van der Waals surface area contributed by atoms with Crippen molar-refractivity contribution in [1.82, 2.24) is 4.98 Å². The molecule has 1 rings (SSSR count). The number of nitrogens with two attached hydrogens (primary N) is 2. The highest BCUT2D eigenvalue weighted by Gasteiger charge is 2.34. The summed E-state index contributed by atoms with van der Waals surface area (Å²) in [5, 5.41) is 8.63. The van der Waals surface area contributed by atoms with E-state index in [1.54, 1.807) is 0 Å². The van der Waals surface area contributed by atoms with Crippen molar-refractivity contribution in [3.8, 4) is 11.9 Å². The molecule has 4 N–H and O–H groups in total. The summed E-state index contributed by atoms with van der Waals surface area (Å²) in [5.74, 6) is -2.03. The van der Waals surface area contributed by atoms with Crippen LogP contribution in [0.2, 0.25) is 0 Å². The smallest absolute Gasteiger partial charge is 0.397 e. The Labute approximate surface area is 92.6 Å². The van der Waals surface area contributed by atoms with Gasteiger partial charge in [-0.1, -0.05) is 0 Å². The number of nitrogens with zero attached hydrogens (tertiary/aromatic N) is 2. The summed E-state index contributed by atoms with van der Waals surface area (Å²) in [4.78, 5) is 14.0. The van der Waals surface area contributed by atoms with Crippen LogP contribution in [0.3, 0.4) is 0 Å². The average molecular weight is 246 g/mol. The molecule has 0 saturated heterocycles. The quantitative estimate of drug-likeness (QED) is 0.789. The highest BCUT2D eigenvalue weighted by Crippen LogP contribution is 2.28. The number of primary amides is 1. The second-order valence-corrected chi connectivity index (χ2v) is 2.79. The maximum atomic E-state index is 11.9. The first-order valence-corrected chi connectivity index (χ1v) is 4.00. The Morgan fingerprint density at radius 3 is 2.53 bits per heavy atom. The maximum absolute atomic E-state index is 11.9. The Kier molecular flexibility index (Phi) is 3.08. The molecular formula is C8H5F3N4O2. The topological polar surface area (TPSA) is 115 Å². The third kappa shape index (κ3) is 2.75. The Bertz CT molecular complexity index is 507. The summed E-state index contributed by atoms with van der Waals surface area (Å²) in [6.45, 7) is 0. The van der Waals surface area contributed by atoms with Crippen LogP contribution in [0.5, 0.6) is 5.88 Å². The molecule has 0 aliphatic carbocycles. The van der Waals surface area contributed by atoms with E-state index in [1.165, 1.54) is 6.07 Å². The molecule has 0 aliphatic heterocycles. The maximum Gasteiger partial charge on any atom is 0.574 e. The van der Waals surface area contributed by atoms with Crippen LogP contribution in [0.25, 0.3) is 0 Å².